The Morgan fingerprint density at radius 1 is 1.08 bits per heavy atom. The lowest BCUT2D eigenvalue weighted by atomic mass is 9.82. The summed E-state index contributed by atoms with van der Waals surface area (Å²) in [5.41, 5.74) is 1.79. The van der Waals surface area contributed by atoms with Crippen molar-refractivity contribution in [2.45, 2.75) is 50.2 Å². The van der Waals surface area contributed by atoms with E-state index in [1.54, 1.807) is 30.1 Å². The molecule has 4 atom stereocenters. The maximum Gasteiger partial charge on any atom is 0.264 e. The summed E-state index contributed by atoms with van der Waals surface area (Å²) in [6.45, 7) is 5.36. The lowest BCUT2D eigenvalue weighted by Gasteiger charge is -2.31. The van der Waals surface area contributed by atoms with Crippen LogP contribution in [0.15, 0.2) is 78.9 Å². The fourth-order valence-electron chi connectivity index (χ4n) is 6.28. The third kappa shape index (κ3) is 4.46. The first-order valence-electron chi connectivity index (χ1n) is 13.0. The summed E-state index contributed by atoms with van der Waals surface area (Å²) in [6.07, 6.45) is -0.245. The van der Waals surface area contributed by atoms with Gasteiger partial charge in [0.25, 0.3) is 11.8 Å². The fraction of sp³-hybridized carbons (Fsp3) is 0.333. The number of rotatable bonds is 7. The summed E-state index contributed by atoms with van der Waals surface area (Å²) >= 11 is 0. The molecule has 2 aliphatic heterocycles. The first-order valence-corrected chi connectivity index (χ1v) is 16.0. The van der Waals surface area contributed by atoms with Crippen LogP contribution in [0.4, 0.5) is 15.5 Å². The van der Waals surface area contributed by atoms with Gasteiger partial charge < -0.3 is 24.2 Å². The first-order chi connectivity index (χ1) is 18.2. The number of hydrogen-bond acceptors (Lipinski definition) is 4. The number of ether oxygens (including phenoxy) is 1. The molecule has 1 saturated heterocycles. The monoisotopic (exact) mass is 532 g/mol. The van der Waals surface area contributed by atoms with Crippen molar-refractivity contribution in [3.8, 4) is 0 Å². The van der Waals surface area contributed by atoms with Crippen molar-refractivity contribution in [1.82, 2.24) is 0 Å². The van der Waals surface area contributed by atoms with E-state index in [1.165, 1.54) is 0 Å². The highest BCUT2D eigenvalue weighted by Gasteiger charge is 2.66. The zero-order chi connectivity index (χ0) is 27.1. The van der Waals surface area contributed by atoms with E-state index in [0.29, 0.717) is 11.3 Å². The number of fused-ring (bicyclic) bond motifs is 2. The average molecular weight is 533 g/mol. The second-order valence-electron chi connectivity index (χ2n) is 10.7. The fourth-order valence-corrected chi connectivity index (χ4v) is 8.82. The number of nitrogens with one attached hydrogen (secondary N) is 1. The highest BCUT2D eigenvalue weighted by atomic mass is 28.4. The van der Waals surface area contributed by atoms with Crippen LogP contribution in [0.2, 0.25) is 18.6 Å². The van der Waals surface area contributed by atoms with Crippen molar-refractivity contribution in [2.24, 2.45) is 5.92 Å². The van der Waals surface area contributed by atoms with Crippen molar-refractivity contribution >= 4 is 31.6 Å². The smallest absolute Gasteiger partial charge is 0.264 e. The standard InChI is InChI=1S/C30H33FN2O4Si/c1-20-27(38(2,3)31)26(16-17-34)37-30(20)24-14-7-8-15-25(24)33(29(30)36)19-21-10-9-13-23(18-21)32-28(35)22-11-5-4-6-12-22/h4-15,18,20,26-27,34H,16-17,19H2,1-3H3,(H,32,35)/t20-,26+,27-,30+/m1/s1. The van der Waals surface area contributed by atoms with E-state index in [2.05, 4.69) is 5.32 Å². The van der Waals surface area contributed by atoms with Gasteiger partial charge in [-0.2, -0.15) is 0 Å². The van der Waals surface area contributed by atoms with E-state index in [0.717, 1.165) is 16.8 Å². The molecule has 1 spiro atoms. The van der Waals surface area contributed by atoms with Gasteiger partial charge in [0.1, 0.15) is 0 Å². The molecule has 0 radical (unpaired) electrons. The van der Waals surface area contributed by atoms with Gasteiger partial charge in [-0.3, -0.25) is 9.59 Å². The van der Waals surface area contributed by atoms with Gasteiger partial charge in [-0.15, -0.1) is 0 Å². The van der Waals surface area contributed by atoms with E-state index in [4.69, 9.17) is 4.74 Å². The topological polar surface area (TPSA) is 78.9 Å². The van der Waals surface area contributed by atoms with Crippen molar-refractivity contribution in [2.75, 3.05) is 16.8 Å². The first kappa shape index (κ1) is 26.3. The third-order valence-electron chi connectivity index (χ3n) is 7.84. The van der Waals surface area contributed by atoms with Crippen LogP contribution in [-0.4, -0.2) is 38.0 Å². The number of hydrogen-bond donors (Lipinski definition) is 2. The van der Waals surface area contributed by atoms with Crippen LogP contribution in [0.3, 0.4) is 0 Å². The van der Waals surface area contributed by atoms with Crippen molar-refractivity contribution in [3.63, 3.8) is 0 Å². The lowest BCUT2D eigenvalue weighted by Crippen LogP contribution is -2.45. The number of halogens is 1. The summed E-state index contributed by atoms with van der Waals surface area (Å²) in [6, 6.07) is 23.9. The van der Waals surface area contributed by atoms with Gasteiger partial charge >= 0.3 is 0 Å². The zero-order valence-corrected chi connectivity index (χ0v) is 22.9. The van der Waals surface area contributed by atoms with Crippen LogP contribution in [0, 0.1) is 5.92 Å². The molecule has 0 bridgehead atoms. The highest BCUT2D eigenvalue weighted by molar-refractivity contribution is 6.72. The van der Waals surface area contributed by atoms with Gasteiger partial charge in [0.15, 0.2) is 5.60 Å². The number of carbonyl (C=O) groups is 2. The van der Waals surface area contributed by atoms with Gasteiger partial charge in [0.05, 0.1) is 18.3 Å². The molecular weight excluding hydrogens is 499 g/mol. The summed E-state index contributed by atoms with van der Waals surface area (Å²) < 4.78 is 22.1. The summed E-state index contributed by atoms with van der Waals surface area (Å²) in [5.74, 6) is -0.814. The van der Waals surface area contributed by atoms with Crippen LogP contribution < -0.4 is 10.2 Å². The van der Waals surface area contributed by atoms with E-state index in [1.807, 2.05) is 73.7 Å². The Kier molecular flexibility index (Phi) is 6.98. The SMILES string of the molecule is C[C@@H]1[C@@H]([Si](C)(C)F)[C@H](CCO)O[C@@]12C(=O)N(Cc1cccc(NC(=O)c3ccccc3)c1)c1ccccc12. The van der Waals surface area contributed by atoms with Crippen LogP contribution in [0.1, 0.15) is 34.8 Å². The largest absolute Gasteiger partial charge is 0.396 e. The molecule has 198 valence electrons. The Labute approximate surface area is 223 Å². The average Bonchev–Trinajstić information content (AvgIpc) is 3.32. The van der Waals surface area contributed by atoms with Gasteiger partial charge in [-0.25, -0.2) is 0 Å². The Morgan fingerprint density at radius 3 is 2.50 bits per heavy atom. The lowest BCUT2D eigenvalue weighted by molar-refractivity contribution is -0.146. The van der Waals surface area contributed by atoms with Crippen molar-refractivity contribution in [3.05, 3.63) is 95.6 Å². The molecule has 2 aliphatic rings. The Balaban J connectivity index is 1.46. The van der Waals surface area contributed by atoms with Gasteiger partial charge in [0, 0.05) is 34.9 Å². The molecule has 0 unspecified atom stereocenters. The summed E-state index contributed by atoms with van der Waals surface area (Å²) in [5, 5.41) is 12.6. The Bertz CT molecular complexity index is 1350. The van der Waals surface area contributed by atoms with Crippen LogP contribution in [-0.2, 0) is 21.7 Å². The number of anilines is 2. The predicted molar refractivity (Wildman–Crippen MR) is 148 cm³/mol. The molecule has 3 aromatic carbocycles. The maximum atomic E-state index is 15.6. The molecule has 38 heavy (non-hydrogen) atoms. The number of para-hydroxylation sites is 1. The molecule has 0 aliphatic carbocycles. The number of benzene rings is 3. The predicted octanol–water partition coefficient (Wildman–Crippen LogP) is 5.64. The number of aliphatic hydroxyl groups is 1. The Morgan fingerprint density at radius 2 is 1.79 bits per heavy atom. The number of nitrogens with zero attached hydrogens (tertiary/aromatic N) is 1. The van der Waals surface area contributed by atoms with E-state index in [-0.39, 0.29) is 37.3 Å². The molecular formula is C30H33FN2O4Si. The molecule has 3 aromatic rings. The quantitative estimate of drug-likeness (QED) is 0.305. The molecule has 1 fully saturated rings. The molecule has 8 heteroatoms. The molecule has 2 heterocycles. The molecule has 0 saturated carbocycles. The van der Waals surface area contributed by atoms with Gasteiger partial charge in [-0.1, -0.05) is 55.5 Å². The van der Waals surface area contributed by atoms with Crippen molar-refractivity contribution < 1.29 is 23.5 Å². The summed E-state index contributed by atoms with van der Waals surface area (Å²) in [7, 11) is -3.23. The zero-order valence-electron chi connectivity index (χ0n) is 21.9. The van der Waals surface area contributed by atoms with Crippen LogP contribution >= 0.6 is 0 Å². The van der Waals surface area contributed by atoms with Gasteiger partial charge in [0.2, 0.25) is 8.41 Å². The van der Waals surface area contributed by atoms with Gasteiger partial charge in [-0.05, 0) is 55.4 Å². The van der Waals surface area contributed by atoms with Crippen molar-refractivity contribution in [1.29, 1.82) is 0 Å². The molecule has 2 amide bonds. The minimum absolute atomic E-state index is 0.129. The maximum absolute atomic E-state index is 15.6. The second-order valence-corrected chi connectivity index (χ2v) is 14.5. The second kappa shape index (κ2) is 10.1. The number of amides is 2. The van der Waals surface area contributed by atoms with Crippen LogP contribution in [0.5, 0.6) is 0 Å². The summed E-state index contributed by atoms with van der Waals surface area (Å²) in [4.78, 5) is 28.6. The minimum Gasteiger partial charge on any atom is -0.396 e. The molecule has 2 N–H and O–H groups in total. The van der Waals surface area contributed by atoms with E-state index >= 15 is 4.11 Å². The minimum atomic E-state index is -3.23. The van der Waals surface area contributed by atoms with Crippen LogP contribution in [0.25, 0.3) is 0 Å². The normalized spacial score (nSPS) is 24.6. The molecule has 0 aromatic heterocycles. The number of carbonyl (C=O) groups excluding carboxylic acids is 2. The van der Waals surface area contributed by atoms with E-state index in [9.17, 15) is 14.7 Å². The number of aliphatic hydroxyl groups excluding tert-OH is 1. The van der Waals surface area contributed by atoms with E-state index < -0.39 is 25.7 Å². The molecule has 6 nitrogen and oxygen atoms in total. The Hall–Kier alpha value is -3.33. The molecule has 5 rings (SSSR count). The third-order valence-corrected chi connectivity index (χ3v) is 10.3. The highest BCUT2D eigenvalue weighted by Crippen LogP contribution is 2.60.